The smallest absolute Gasteiger partial charge is 0.306 e. The Kier molecular flexibility index (Phi) is 9.99. The van der Waals surface area contributed by atoms with Gasteiger partial charge in [0.25, 0.3) is 5.91 Å². The molecule has 0 spiro atoms. The van der Waals surface area contributed by atoms with Crippen molar-refractivity contribution in [3.8, 4) is 0 Å². The molecular weight excluding hydrogens is 529 g/mol. The van der Waals surface area contributed by atoms with Gasteiger partial charge in [0.15, 0.2) is 11.5 Å². The van der Waals surface area contributed by atoms with Gasteiger partial charge in [0.05, 0.1) is 46.3 Å². The Morgan fingerprint density at radius 1 is 1.18 bits per heavy atom. The van der Waals surface area contributed by atoms with Gasteiger partial charge in [-0.2, -0.15) is 0 Å². The molecule has 3 N–H and O–H groups in total. The van der Waals surface area contributed by atoms with Gasteiger partial charge in [-0.05, 0) is 38.2 Å². The van der Waals surface area contributed by atoms with Crippen molar-refractivity contribution < 1.29 is 19.5 Å². The molecule has 1 aromatic carbocycles. The zero-order valence-electron chi connectivity index (χ0n) is 20.7. The summed E-state index contributed by atoms with van der Waals surface area (Å²) in [6.07, 6.45) is 5.92. The summed E-state index contributed by atoms with van der Waals surface area (Å²) < 4.78 is 0. The largest absolute Gasteiger partial charge is 0.481 e. The monoisotopic (exact) mass is 555 g/mol. The molecule has 1 aromatic heterocycles. The van der Waals surface area contributed by atoms with E-state index in [1.54, 1.807) is 31.2 Å². The van der Waals surface area contributed by atoms with Gasteiger partial charge in [0.2, 0.25) is 0 Å². The number of aromatic nitrogens is 1. The minimum Gasteiger partial charge on any atom is -0.481 e. The fourth-order valence-electron chi connectivity index (χ4n) is 4.40. The van der Waals surface area contributed by atoms with E-state index in [2.05, 4.69) is 14.8 Å². The lowest BCUT2D eigenvalue weighted by atomic mass is 9.86. The first kappa shape index (κ1) is 28.8. The first-order chi connectivity index (χ1) is 18.2. The van der Waals surface area contributed by atoms with Crippen LogP contribution in [0.5, 0.6) is 0 Å². The van der Waals surface area contributed by atoms with Gasteiger partial charge < -0.3 is 15.7 Å². The molecule has 0 saturated heterocycles. The van der Waals surface area contributed by atoms with Crippen LogP contribution in [0.25, 0.3) is 4.85 Å². The average Bonchev–Trinajstić information content (AvgIpc) is 2.89. The lowest BCUT2D eigenvalue weighted by molar-refractivity contribution is -0.142. The fraction of sp³-hybridized carbons (Fsp3) is 0.333. The van der Waals surface area contributed by atoms with Crippen LogP contribution in [0.2, 0.25) is 10.0 Å². The number of nitrogens with two attached hydrogens (primary N) is 1. The highest BCUT2D eigenvalue weighted by Crippen LogP contribution is 2.28. The third kappa shape index (κ3) is 6.97. The van der Waals surface area contributed by atoms with Crippen LogP contribution in [0.1, 0.15) is 48.5 Å². The number of pyridine rings is 1. The Morgan fingerprint density at radius 3 is 2.39 bits per heavy atom. The Hall–Kier alpha value is -3.74. The Balaban J connectivity index is 1.90. The maximum absolute atomic E-state index is 13.8. The number of para-hydroxylation sites is 1. The van der Waals surface area contributed by atoms with E-state index in [1.807, 2.05) is 0 Å². The number of nitrogens with zero attached hydrogens (tertiary/aromatic N) is 4. The topological polar surface area (TPSA) is 130 Å². The third-order valence-corrected chi connectivity index (χ3v) is 7.01. The van der Waals surface area contributed by atoms with Crippen molar-refractivity contribution in [3.63, 3.8) is 0 Å². The molecule has 1 fully saturated rings. The van der Waals surface area contributed by atoms with E-state index in [0.717, 1.165) is 6.20 Å². The molecule has 0 atom stereocenters. The number of carbonyl (C=O) groups excluding carboxylic acids is 2. The Labute approximate surface area is 230 Å². The summed E-state index contributed by atoms with van der Waals surface area (Å²) in [5, 5.41) is 9.35. The summed E-state index contributed by atoms with van der Waals surface area (Å²) in [4.78, 5) is 51.6. The molecule has 0 unspecified atom stereocenters. The molecule has 1 saturated carbocycles. The summed E-state index contributed by atoms with van der Waals surface area (Å²) in [7, 11) is 0. The molecular formula is C27H27Cl2N5O4. The number of aliphatic imine (C=N–C) groups is 1. The van der Waals surface area contributed by atoms with Gasteiger partial charge in [0.1, 0.15) is 0 Å². The number of carboxylic acid groups (broad SMARTS) is 1. The molecule has 0 radical (unpaired) electrons. The normalized spacial score (nSPS) is 17.9. The summed E-state index contributed by atoms with van der Waals surface area (Å²) in [6, 6.07) is 6.65. The second-order valence-electron chi connectivity index (χ2n) is 8.94. The van der Waals surface area contributed by atoms with Crippen LogP contribution in [-0.2, 0) is 16.1 Å². The molecule has 9 nitrogen and oxygen atoms in total. The SMILES string of the molecule is [C-]#[N+]c1ccccc1CN(CC(=O)c1c(Cl)cncc1Cl)C(=O)C(=CN)C(C)=NC1CCC(C(=O)O)CC1. The van der Waals surface area contributed by atoms with Crippen LogP contribution in [-0.4, -0.2) is 50.9 Å². The van der Waals surface area contributed by atoms with Crippen LogP contribution in [0, 0.1) is 12.5 Å². The third-order valence-electron chi connectivity index (χ3n) is 6.44. The molecule has 11 heteroatoms. The highest BCUT2D eigenvalue weighted by Gasteiger charge is 2.28. The van der Waals surface area contributed by atoms with Crippen LogP contribution >= 0.6 is 23.2 Å². The maximum Gasteiger partial charge on any atom is 0.306 e. The highest BCUT2D eigenvalue weighted by atomic mass is 35.5. The van der Waals surface area contributed by atoms with Crippen molar-refractivity contribution >= 4 is 52.3 Å². The maximum atomic E-state index is 13.8. The van der Waals surface area contributed by atoms with Crippen molar-refractivity contribution in [2.24, 2.45) is 16.6 Å². The van der Waals surface area contributed by atoms with E-state index in [4.69, 9.17) is 35.5 Å². The molecule has 0 aliphatic heterocycles. The standard InChI is InChI=1S/C27H27Cl2N5O4/c1-16(33-19-9-7-17(8-10-19)27(37)38)20(11-30)26(36)34(14-18-5-3-4-6-23(18)31-2)15-24(35)25-21(28)12-32-13-22(25)29/h3-6,11-13,17,19H,7-10,14-15,30H2,1H3,(H,37,38). The van der Waals surface area contributed by atoms with Gasteiger partial charge in [-0.1, -0.05) is 47.5 Å². The van der Waals surface area contributed by atoms with Crippen molar-refractivity contribution in [1.82, 2.24) is 9.88 Å². The molecule has 38 heavy (non-hydrogen) atoms. The molecule has 2 aromatic rings. The number of aliphatic carboxylic acids is 1. The number of hydrogen-bond acceptors (Lipinski definition) is 6. The molecule has 3 rings (SSSR count). The van der Waals surface area contributed by atoms with Crippen LogP contribution in [0.15, 0.2) is 53.4 Å². The summed E-state index contributed by atoms with van der Waals surface area (Å²) in [5.41, 5.74) is 7.28. The minimum atomic E-state index is -0.809. The summed E-state index contributed by atoms with van der Waals surface area (Å²) in [6.45, 7) is 8.69. The molecule has 1 amide bonds. The Morgan fingerprint density at radius 2 is 1.82 bits per heavy atom. The van der Waals surface area contributed by atoms with Crippen LogP contribution < -0.4 is 5.73 Å². The number of rotatable bonds is 9. The predicted octanol–water partition coefficient (Wildman–Crippen LogP) is 5.10. The lowest BCUT2D eigenvalue weighted by Gasteiger charge is -2.26. The van der Waals surface area contributed by atoms with E-state index in [1.165, 1.54) is 17.3 Å². The summed E-state index contributed by atoms with van der Waals surface area (Å²) in [5.74, 6) is -2.25. The molecule has 1 aliphatic rings. The van der Waals surface area contributed by atoms with Crippen molar-refractivity contribution in [3.05, 3.63) is 81.0 Å². The number of halogens is 2. The van der Waals surface area contributed by atoms with E-state index in [0.29, 0.717) is 42.6 Å². The number of amides is 1. The number of Topliss-reactive ketones (excluding diaryl/α,β-unsaturated/α-hetero) is 1. The number of ketones is 1. The average molecular weight is 556 g/mol. The molecule has 1 heterocycles. The number of carboxylic acids is 1. The number of benzene rings is 1. The fourth-order valence-corrected chi connectivity index (χ4v) is 4.98. The van der Waals surface area contributed by atoms with Gasteiger partial charge in [0, 0.05) is 30.9 Å². The van der Waals surface area contributed by atoms with E-state index < -0.39 is 17.7 Å². The van der Waals surface area contributed by atoms with E-state index in [9.17, 15) is 19.5 Å². The van der Waals surface area contributed by atoms with E-state index >= 15 is 0 Å². The molecule has 0 bridgehead atoms. The minimum absolute atomic E-state index is 0.0402. The van der Waals surface area contributed by atoms with Crippen molar-refractivity contribution in [2.75, 3.05) is 6.54 Å². The zero-order chi connectivity index (χ0) is 27.8. The lowest BCUT2D eigenvalue weighted by Crippen LogP contribution is -2.38. The summed E-state index contributed by atoms with van der Waals surface area (Å²) >= 11 is 12.4. The number of carbonyl (C=O) groups is 3. The molecule has 198 valence electrons. The van der Waals surface area contributed by atoms with Crippen molar-refractivity contribution in [2.45, 2.75) is 45.2 Å². The van der Waals surface area contributed by atoms with Gasteiger partial charge in [-0.3, -0.25) is 24.4 Å². The number of hydrogen-bond donors (Lipinski definition) is 2. The van der Waals surface area contributed by atoms with Crippen molar-refractivity contribution in [1.29, 1.82) is 0 Å². The zero-order valence-corrected chi connectivity index (χ0v) is 22.2. The first-order valence-corrected chi connectivity index (χ1v) is 12.7. The van der Waals surface area contributed by atoms with E-state index in [-0.39, 0.29) is 46.2 Å². The molecule has 1 aliphatic carbocycles. The second kappa shape index (κ2) is 13.2. The van der Waals surface area contributed by atoms with Gasteiger partial charge in [-0.25, -0.2) is 4.85 Å². The quantitative estimate of drug-likeness (QED) is 0.191. The highest BCUT2D eigenvalue weighted by molar-refractivity contribution is 6.39. The Bertz CT molecular complexity index is 1310. The second-order valence-corrected chi connectivity index (χ2v) is 9.76. The van der Waals surface area contributed by atoms with Crippen LogP contribution in [0.4, 0.5) is 5.69 Å². The predicted molar refractivity (Wildman–Crippen MR) is 145 cm³/mol. The van der Waals surface area contributed by atoms with Crippen LogP contribution in [0.3, 0.4) is 0 Å². The first-order valence-electron chi connectivity index (χ1n) is 11.9. The van der Waals surface area contributed by atoms with Gasteiger partial charge in [-0.15, -0.1) is 0 Å². The van der Waals surface area contributed by atoms with Gasteiger partial charge >= 0.3 is 5.97 Å².